The largest absolute Gasteiger partial charge is 0.481 e. The minimum absolute atomic E-state index is 0.119. The van der Waals surface area contributed by atoms with Crippen LogP contribution in [0.25, 0.3) is 0 Å². The van der Waals surface area contributed by atoms with Crippen LogP contribution < -0.4 is 4.74 Å². The minimum Gasteiger partial charge on any atom is -0.481 e. The Morgan fingerprint density at radius 3 is 2.67 bits per heavy atom. The molecule has 1 heterocycles. The molecule has 1 aromatic heterocycles. The lowest BCUT2D eigenvalue weighted by Gasteiger charge is -2.10. The molecule has 18 heavy (non-hydrogen) atoms. The van der Waals surface area contributed by atoms with E-state index < -0.39 is 30.3 Å². The summed E-state index contributed by atoms with van der Waals surface area (Å²) in [5, 5.41) is 0. The highest BCUT2D eigenvalue weighted by atomic mass is 19.3. The number of hydrogen-bond acceptors (Lipinski definition) is 4. The van der Waals surface area contributed by atoms with Crippen molar-refractivity contribution >= 4 is 5.97 Å². The summed E-state index contributed by atoms with van der Waals surface area (Å²) in [6.45, 7) is 1.70. The number of carbonyl (C=O) groups excluding carboxylic acids is 1. The van der Waals surface area contributed by atoms with Crippen molar-refractivity contribution in [2.45, 2.75) is 19.8 Å². The average Bonchev–Trinajstić information content (AvgIpc) is 2.27. The summed E-state index contributed by atoms with van der Waals surface area (Å²) in [7, 11) is 1.22. The number of carbonyl (C=O) groups is 1. The van der Waals surface area contributed by atoms with E-state index in [-0.39, 0.29) is 18.1 Å². The van der Waals surface area contributed by atoms with E-state index in [0.717, 1.165) is 6.07 Å². The van der Waals surface area contributed by atoms with Gasteiger partial charge in [-0.3, -0.25) is 4.79 Å². The monoisotopic (exact) mass is 263 g/mol. The first-order chi connectivity index (χ1) is 8.49. The lowest BCUT2D eigenvalue weighted by molar-refractivity contribution is -0.142. The maximum atomic E-state index is 13.4. The first-order valence-electron chi connectivity index (χ1n) is 5.16. The van der Waals surface area contributed by atoms with E-state index in [1.54, 1.807) is 6.92 Å². The second-order valence-electron chi connectivity index (χ2n) is 3.31. The number of ether oxygens (including phenoxy) is 2. The first-order valence-corrected chi connectivity index (χ1v) is 5.16. The van der Waals surface area contributed by atoms with Crippen molar-refractivity contribution in [3.63, 3.8) is 0 Å². The Morgan fingerprint density at radius 2 is 2.17 bits per heavy atom. The summed E-state index contributed by atoms with van der Waals surface area (Å²) in [6.07, 6.45) is -3.52. The minimum atomic E-state index is -3.06. The Morgan fingerprint density at radius 1 is 1.50 bits per heavy atom. The van der Waals surface area contributed by atoms with Crippen LogP contribution in [0.15, 0.2) is 6.07 Å². The Bertz CT molecular complexity index is 438. The van der Waals surface area contributed by atoms with Crippen molar-refractivity contribution in [3.05, 3.63) is 23.1 Å². The average molecular weight is 263 g/mol. The van der Waals surface area contributed by atoms with E-state index in [1.807, 2.05) is 0 Å². The van der Waals surface area contributed by atoms with Gasteiger partial charge in [-0.2, -0.15) is 9.37 Å². The van der Waals surface area contributed by atoms with Crippen LogP contribution in [-0.2, 0) is 16.0 Å². The third-order valence-corrected chi connectivity index (χ3v) is 2.14. The topological polar surface area (TPSA) is 48.4 Å². The Kier molecular flexibility index (Phi) is 4.94. The fourth-order valence-electron chi connectivity index (χ4n) is 1.40. The number of rotatable bonds is 5. The van der Waals surface area contributed by atoms with Gasteiger partial charge in [0.15, 0.2) is 0 Å². The zero-order chi connectivity index (χ0) is 13.7. The SMILES string of the molecule is CCOC(=O)Cc1cc(OC)nc(F)c1C(F)F. The highest BCUT2D eigenvalue weighted by molar-refractivity contribution is 5.73. The molecule has 0 amide bonds. The molecular formula is C11H12F3NO3. The van der Waals surface area contributed by atoms with Crippen molar-refractivity contribution in [1.82, 2.24) is 4.98 Å². The van der Waals surface area contributed by atoms with E-state index in [2.05, 4.69) is 14.5 Å². The first kappa shape index (κ1) is 14.3. The maximum Gasteiger partial charge on any atom is 0.310 e. The molecule has 1 rings (SSSR count). The fourth-order valence-corrected chi connectivity index (χ4v) is 1.40. The van der Waals surface area contributed by atoms with Gasteiger partial charge in [-0.15, -0.1) is 0 Å². The molecule has 100 valence electrons. The van der Waals surface area contributed by atoms with E-state index in [1.165, 1.54) is 7.11 Å². The highest BCUT2D eigenvalue weighted by Gasteiger charge is 2.23. The van der Waals surface area contributed by atoms with Crippen molar-refractivity contribution < 1.29 is 27.4 Å². The van der Waals surface area contributed by atoms with Crippen LogP contribution in [0.2, 0.25) is 0 Å². The Hall–Kier alpha value is -1.79. The van der Waals surface area contributed by atoms with Crippen LogP contribution in [0.4, 0.5) is 13.2 Å². The van der Waals surface area contributed by atoms with E-state index in [0.29, 0.717) is 0 Å². The normalized spacial score (nSPS) is 10.6. The molecule has 0 atom stereocenters. The molecule has 0 aromatic carbocycles. The maximum absolute atomic E-state index is 13.4. The Balaban J connectivity index is 3.13. The molecule has 0 fully saturated rings. The number of methoxy groups -OCH3 is 1. The van der Waals surface area contributed by atoms with E-state index >= 15 is 0 Å². The molecule has 0 spiro atoms. The molecule has 0 bridgehead atoms. The molecule has 0 aliphatic heterocycles. The molecular weight excluding hydrogens is 251 g/mol. The summed E-state index contributed by atoms with van der Waals surface area (Å²) in [5.41, 5.74) is -1.09. The van der Waals surface area contributed by atoms with Crippen LogP contribution in [0.5, 0.6) is 5.88 Å². The quantitative estimate of drug-likeness (QED) is 0.604. The van der Waals surface area contributed by atoms with Gasteiger partial charge >= 0.3 is 5.97 Å². The number of esters is 1. The van der Waals surface area contributed by atoms with Crippen LogP contribution in [0.3, 0.4) is 0 Å². The van der Waals surface area contributed by atoms with E-state index in [9.17, 15) is 18.0 Å². The summed E-state index contributed by atoms with van der Waals surface area (Å²) in [5.74, 6) is -2.23. The van der Waals surface area contributed by atoms with Gasteiger partial charge in [0.25, 0.3) is 6.43 Å². The molecule has 1 aromatic rings. The third-order valence-electron chi connectivity index (χ3n) is 2.14. The molecule has 0 radical (unpaired) electrons. The molecule has 0 saturated heterocycles. The number of pyridine rings is 1. The summed E-state index contributed by atoms with van der Waals surface area (Å²) < 4.78 is 48.0. The van der Waals surface area contributed by atoms with Crippen LogP contribution in [-0.4, -0.2) is 24.7 Å². The number of aromatic nitrogens is 1. The van der Waals surface area contributed by atoms with Crippen molar-refractivity contribution in [2.24, 2.45) is 0 Å². The van der Waals surface area contributed by atoms with Crippen molar-refractivity contribution in [1.29, 1.82) is 0 Å². The molecule has 7 heteroatoms. The second kappa shape index (κ2) is 6.23. The fraction of sp³-hybridized carbons (Fsp3) is 0.455. The lowest BCUT2D eigenvalue weighted by Crippen LogP contribution is -2.12. The predicted octanol–water partition coefficient (Wildman–Crippen LogP) is 2.27. The third kappa shape index (κ3) is 3.35. The smallest absolute Gasteiger partial charge is 0.310 e. The number of halogens is 3. The van der Waals surface area contributed by atoms with Crippen LogP contribution >= 0.6 is 0 Å². The van der Waals surface area contributed by atoms with Gasteiger partial charge in [-0.1, -0.05) is 0 Å². The molecule has 0 saturated carbocycles. The highest BCUT2D eigenvalue weighted by Crippen LogP contribution is 2.28. The number of nitrogens with zero attached hydrogens (tertiary/aromatic N) is 1. The molecule has 0 aliphatic carbocycles. The summed E-state index contributed by atoms with van der Waals surface area (Å²) in [4.78, 5) is 14.5. The molecule has 0 aliphatic rings. The second-order valence-corrected chi connectivity index (χ2v) is 3.31. The van der Waals surface area contributed by atoms with Gasteiger partial charge in [-0.25, -0.2) is 8.78 Å². The van der Waals surface area contributed by atoms with Gasteiger partial charge in [0.1, 0.15) is 0 Å². The van der Waals surface area contributed by atoms with Crippen LogP contribution in [0, 0.1) is 5.95 Å². The molecule has 4 nitrogen and oxygen atoms in total. The molecule has 0 unspecified atom stereocenters. The van der Waals surface area contributed by atoms with Gasteiger partial charge in [0, 0.05) is 6.07 Å². The standard InChI is InChI=1S/C11H12F3NO3/c1-3-18-8(16)5-6-4-7(17-2)15-11(14)9(6)10(12)13/h4,10H,3,5H2,1-2H3. The zero-order valence-electron chi connectivity index (χ0n) is 9.87. The van der Waals surface area contributed by atoms with Crippen LogP contribution in [0.1, 0.15) is 24.5 Å². The number of hydrogen-bond donors (Lipinski definition) is 0. The predicted molar refractivity (Wildman–Crippen MR) is 56.0 cm³/mol. The zero-order valence-corrected chi connectivity index (χ0v) is 9.87. The lowest BCUT2D eigenvalue weighted by atomic mass is 10.1. The Labute approximate surface area is 102 Å². The summed E-state index contributed by atoms with van der Waals surface area (Å²) in [6, 6.07) is 1.10. The molecule has 0 N–H and O–H groups in total. The van der Waals surface area contributed by atoms with Gasteiger partial charge < -0.3 is 9.47 Å². The van der Waals surface area contributed by atoms with Gasteiger partial charge in [0.05, 0.1) is 25.7 Å². The van der Waals surface area contributed by atoms with Gasteiger partial charge in [0.2, 0.25) is 11.8 Å². The van der Waals surface area contributed by atoms with Crippen molar-refractivity contribution in [3.8, 4) is 5.88 Å². The van der Waals surface area contributed by atoms with Crippen molar-refractivity contribution in [2.75, 3.05) is 13.7 Å². The van der Waals surface area contributed by atoms with E-state index in [4.69, 9.17) is 0 Å². The number of alkyl halides is 2. The summed E-state index contributed by atoms with van der Waals surface area (Å²) >= 11 is 0. The van der Waals surface area contributed by atoms with Gasteiger partial charge in [-0.05, 0) is 12.5 Å².